The molecule has 0 saturated heterocycles. The molecule has 0 spiro atoms. The van der Waals surface area contributed by atoms with E-state index in [9.17, 15) is 9.59 Å². The molecule has 0 N–H and O–H groups in total. The summed E-state index contributed by atoms with van der Waals surface area (Å²) >= 11 is 11.5. The zero-order valence-electron chi connectivity index (χ0n) is 14.0. The van der Waals surface area contributed by atoms with Gasteiger partial charge in [0.2, 0.25) is 0 Å². The van der Waals surface area contributed by atoms with E-state index in [0.717, 1.165) is 33.0 Å². The molecule has 0 heterocycles. The van der Waals surface area contributed by atoms with Crippen LogP contribution in [0.4, 0.5) is 0 Å². The van der Waals surface area contributed by atoms with Crippen LogP contribution in [0.2, 0.25) is 0 Å². The summed E-state index contributed by atoms with van der Waals surface area (Å²) in [6.45, 7) is 0. The molecule has 0 radical (unpaired) electrons. The number of Topliss-reactive ketones (excluding diaryl/α,β-unsaturated/α-hetero) is 2. The second-order valence-electron chi connectivity index (χ2n) is 6.37. The average molecular weight is 383 g/mol. The van der Waals surface area contributed by atoms with Gasteiger partial charge in [-0.05, 0) is 39.1 Å². The van der Waals surface area contributed by atoms with E-state index in [1.54, 1.807) is 0 Å². The Kier molecular flexibility index (Phi) is 4.56. The second-order valence-corrected chi connectivity index (χ2v) is 7.13. The van der Waals surface area contributed by atoms with Gasteiger partial charge in [0.15, 0.2) is 11.6 Å². The first-order valence-corrected chi connectivity index (χ1v) is 9.61. The topological polar surface area (TPSA) is 34.1 Å². The van der Waals surface area contributed by atoms with Gasteiger partial charge < -0.3 is 0 Å². The van der Waals surface area contributed by atoms with Crippen molar-refractivity contribution in [3.05, 3.63) is 59.7 Å². The number of rotatable bonds is 6. The van der Waals surface area contributed by atoms with Crippen molar-refractivity contribution in [3.8, 4) is 22.3 Å². The first kappa shape index (κ1) is 17.3. The Hall–Kier alpha value is -2.16. The molecule has 3 aromatic rings. The summed E-state index contributed by atoms with van der Waals surface area (Å²) in [6.07, 6.45) is 0.652. The maximum Gasteiger partial charge on any atom is 0.164 e. The van der Waals surface area contributed by atoms with Crippen molar-refractivity contribution in [2.24, 2.45) is 0 Å². The molecule has 3 aromatic carbocycles. The van der Waals surface area contributed by atoms with Crippen LogP contribution < -0.4 is 0 Å². The fourth-order valence-electron chi connectivity index (χ4n) is 3.72. The smallest absolute Gasteiger partial charge is 0.164 e. The van der Waals surface area contributed by atoms with Crippen LogP contribution in [0.1, 0.15) is 33.6 Å². The Morgan fingerprint density at radius 3 is 2.19 bits per heavy atom. The predicted molar refractivity (Wildman–Crippen MR) is 108 cm³/mol. The van der Waals surface area contributed by atoms with Gasteiger partial charge in [0.05, 0.1) is 0 Å². The lowest BCUT2D eigenvalue weighted by atomic mass is 9.95. The van der Waals surface area contributed by atoms with Crippen molar-refractivity contribution >= 4 is 45.5 Å². The van der Waals surface area contributed by atoms with Gasteiger partial charge in [-0.3, -0.25) is 9.59 Å². The van der Waals surface area contributed by atoms with Crippen molar-refractivity contribution < 1.29 is 9.59 Å². The molecule has 0 bridgehead atoms. The highest BCUT2D eigenvalue weighted by Gasteiger charge is 2.24. The highest BCUT2D eigenvalue weighted by Crippen LogP contribution is 2.48. The minimum atomic E-state index is 0.0453. The van der Waals surface area contributed by atoms with E-state index < -0.39 is 0 Å². The molecule has 1 aliphatic rings. The highest BCUT2D eigenvalue weighted by molar-refractivity contribution is 6.23. The molecular formula is C22H16Cl2O2. The number of carbonyl (C=O) groups excluding carboxylic acids is 2. The summed E-state index contributed by atoms with van der Waals surface area (Å²) < 4.78 is 0. The molecule has 0 fully saturated rings. The minimum Gasteiger partial charge on any atom is -0.294 e. The van der Waals surface area contributed by atoms with Crippen molar-refractivity contribution in [3.63, 3.8) is 0 Å². The van der Waals surface area contributed by atoms with Crippen LogP contribution >= 0.6 is 23.2 Å². The Morgan fingerprint density at radius 2 is 1.42 bits per heavy atom. The van der Waals surface area contributed by atoms with Gasteiger partial charge in [-0.1, -0.05) is 42.5 Å². The summed E-state index contributed by atoms with van der Waals surface area (Å²) in [4.78, 5) is 24.7. The molecule has 4 rings (SSSR count). The molecule has 0 saturated carbocycles. The third-order valence-electron chi connectivity index (χ3n) is 4.91. The summed E-state index contributed by atoms with van der Waals surface area (Å²) in [5.74, 6) is 0.729. The lowest BCUT2D eigenvalue weighted by Gasteiger charge is -2.08. The van der Waals surface area contributed by atoms with Gasteiger partial charge in [-0.2, -0.15) is 0 Å². The Balaban J connectivity index is 1.92. The van der Waals surface area contributed by atoms with Gasteiger partial charge >= 0.3 is 0 Å². The fourth-order valence-corrected chi connectivity index (χ4v) is 4.07. The predicted octanol–water partition coefficient (Wildman–Crippen LogP) is 6.11. The van der Waals surface area contributed by atoms with Gasteiger partial charge in [0, 0.05) is 35.7 Å². The van der Waals surface area contributed by atoms with Gasteiger partial charge in [-0.15, -0.1) is 23.2 Å². The Bertz CT molecular complexity index is 1050. The van der Waals surface area contributed by atoms with Crippen molar-refractivity contribution in [2.75, 3.05) is 11.8 Å². The first-order chi connectivity index (χ1) is 12.7. The summed E-state index contributed by atoms with van der Waals surface area (Å²) in [7, 11) is 0. The third kappa shape index (κ3) is 2.65. The van der Waals surface area contributed by atoms with E-state index >= 15 is 0 Å². The van der Waals surface area contributed by atoms with Crippen LogP contribution in [0, 0.1) is 0 Å². The maximum atomic E-state index is 12.4. The first-order valence-electron chi connectivity index (χ1n) is 8.54. The molecule has 130 valence electrons. The number of fused-ring (bicyclic) bond motifs is 3. The quantitative estimate of drug-likeness (QED) is 0.297. The lowest BCUT2D eigenvalue weighted by molar-refractivity contribution is 0.0982. The number of hydrogen-bond acceptors (Lipinski definition) is 2. The number of halogens is 2. The normalized spacial score (nSPS) is 11.6. The monoisotopic (exact) mass is 382 g/mol. The van der Waals surface area contributed by atoms with E-state index in [1.807, 2.05) is 42.5 Å². The van der Waals surface area contributed by atoms with Crippen LogP contribution in [-0.2, 0) is 0 Å². The van der Waals surface area contributed by atoms with E-state index in [2.05, 4.69) is 6.07 Å². The molecule has 0 aliphatic heterocycles. The van der Waals surface area contributed by atoms with Crippen LogP contribution in [0.5, 0.6) is 0 Å². The lowest BCUT2D eigenvalue weighted by Crippen LogP contribution is -2.01. The molecule has 4 heteroatoms. The second kappa shape index (κ2) is 6.86. The van der Waals surface area contributed by atoms with E-state index in [0.29, 0.717) is 35.7 Å². The van der Waals surface area contributed by atoms with E-state index in [1.165, 1.54) is 0 Å². The van der Waals surface area contributed by atoms with Crippen LogP contribution in [0.25, 0.3) is 33.0 Å². The number of ketones is 2. The molecule has 26 heavy (non-hydrogen) atoms. The van der Waals surface area contributed by atoms with Gasteiger partial charge in [0.1, 0.15) is 0 Å². The molecular weight excluding hydrogens is 367 g/mol. The Morgan fingerprint density at radius 1 is 0.731 bits per heavy atom. The largest absolute Gasteiger partial charge is 0.294 e. The SMILES string of the molecule is O=C(CCCl)c1ccc2c(c1)-c1ccc(C(=O)CCCl)c3cccc-2c13. The molecule has 0 atom stereocenters. The van der Waals surface area contributed by atoms with Crippen molar-refractivity contribution in [1.82, 2.24) is 0 Å². The van der Waals surface area contributed by atoms with Gasteiger partial charge in [-0.25, -0.2) is 0 Å². The van der Waals surface area contributed by atoms with Crippen LogP contribution in [0.3, 0.4) is 0 Å². The number of alkyl halides is 2. The zero-order valence-corrected chi connectivity index (χ0v) is 15.5. The molecule has 0 aromatic heterocycles. The maximum absolute atomic E-state index is 12.4. The molecule has 2 nitrogen and oxygen atoms in total. The van der Waals surface area contributed by atoms with Gasteiger partial charge in [0.25, 0.3) is 0 Å². The van der Waals surface area contributed by atoms with Crippen LogP contribution in [0.15, 0.2) is 48.5 Å². The number of benzene rings is 3. The fraction of sp³-hybridized carbons (Fsp3) is 0.182. The van der Waals surface area contributed by atoms with Crippen LogP contribution in [-0.4, -0.2) is 23.3 Å². The summed E-state index contributed by atoms with van der Waals surface area (Å²) in [5, 5.41) is 2.02. The number of hydrogen-bond donors (Lipinski definition) is 0. The van der Waals surface area contributed by atoms with Crippen molar-refractivity contribution in [1.29, 1.82) is 0 Å². The zero-order chi connectivity index (χ0) is 18.3. The highest BCUT2D eigenvalue weighted by atomic mass is 35.5. The summed E-state index contributed by atoms with van der Waals surface area (Å²) in [5.41, 5.74) is 5.67. The average Bonchev–Trinajstić information content (AvgIpc) is 2.98. The molecule has 1 aliphatic carbocycles. The standard InChI is InChI=1S/C22H16Cl2O2/c23-10-8-20(25)13-4-5-14-16-2-1-3-17-15(21(26)9-11-24)6-7-18(22(16)17)19(14)12-13/h1-7,12H,8-11H2. The van der Waals surface area contributed by atoms with E-state index in [4.69, 9.17) is 23.2 Å². The summed E-state index contributed by atoms with van der Waals surface area (Å²) in [6, 6.07) is 15.7. The minimum absolute atomic E-state index is 0.0453. The molecule has 0 unspecified atom stereocenters. The van der Waals surface area contributed by atoms with Crippen molar-refractivity contribution in [2.45, 2.75) is 12.8 Å². The van der Waals surface area contributed by atoms with E-state index in [-0.39, 0.29) is 11.6 Å². The Labute approximate surface area is 161 Å². The number of carbonyl (C=O) groups is 2. The third-order valence-corrected chi connectivity index (χ3v) is 5.28. The molecule has 0 amide bonds.